The van der Waals surface area contributed by atoms with Gasteiger partial charge < -0.3 is 19.2 Å². The first-order chi connectivity index (χ1) is 21.1. The first-order valence-corrected chi connectivity index (χ1v) is 20.3. The van der Waals surface area contributed by atoms with E-state index in [1.165, 1.54) is 18.4 Å². The Hall–Kier alpha value is -1.77. The van der Waals surface area contributed by atoms with Crippen LogP contribution < -0.4 is 9.16 Å². The first kappa shape index (κ1) is 33.1. The summed E-state index contributed by atoms with van der Waals surface area (Å²) in [5.74, 6) is 2.35. The van der Waals surface area contributed by atoms with Gasteiger partial charge >= 0.3 is 0 Å². The Bertz CT molecular complexity index is 1470. The zero-order valence-electron chi connectivity index (χ0n) is 28.0. The predicted molar refractivity (Wildman–Crippen MR) is 184 cm³/mol. The monoisotopic (exact) mass is 672 g/mol. The van der Waals surface area contributed by atoms with E-state index in [-0.39, 0.29) is 29.4 Å². The van der Waals surface area contributed by atoms with Crippen LogP contribution >= 0.6 is 23.2 Å². The molecule has 6 nitrogen and oxygen atoms in total. The summed E-state index contributed by atoms with van der Waals surface area (Å²) >= 11 is 12.4. The molecule has 45 heavy (non-hydrogen) atoms. The molecule has 4 atom stereocenters. The number of nitrogens with zero attached hydrogens (tertiary/aromatic N) is 2. The number of methoxy groups -OCH3 is 1. The van der Waals surface area contributed by atoms with Gasteiger partial charge in [0, 0.05) is 36.7 Å². The molecule has 2 bridgehead atoms. The van der Waals surface area contributed by atoms with Gasteiger partial charge in [-0.05, 0) is 105 Å². The second-order valence-corrected chi connectivity index (χ2v) is 21.3. The number of ether oxygens (including phenoxy) is 1. The third-order valence-electron chi connectivity index (χ3n) is 12.0. The lowest BCUT2D eigenvalue weighted by atomic mass is 9.48. The number of piperidine rings is 1. The molecular weight excluding hydrogens is 623 g/mol. The van der Waals surface area contributed by atoms with Gasteiger partial charge in [-0.15, -0.1) is 0 Å². The molecule has 1 N–H and O–H groups in total. The number of benzene rings is 2. The maximum Gasteiger partial charge on any atom is 0.250 e. The fourth-order valence-electron chi connectivity index (χ4n) is 8.20. The fourth-order valence-corrected chi connectivity index (χ4v) is 9.53. The number of likely N-dealkylation sites (tertiary alicyclic amines) is 1. The number of carbonyl (C=O) groups is 1. The number of hydrogen-bond donors (Lipinski definition) is 1. The van der Waals surface area contributed by atoms with E-state index in [2.05, 4.69) is 50.9 Å². The molecule has 3 aliphatic carbocycles. The molecule has 3 fully saturated rings. The van der Waals surface area contributed by atoms with Crippen LogP contribution in [0.3, 0.4) is 0 Å². The molecule has 4 aliphatic rings. The summed E-state index contributed by atoms with van der Waals surface area (Å²) in [6.45, 7) is 13.3. The van der Waals surface area contributed by atoms with Crippen LogP contribution in [0.2, 0.25) is 28.2 Å². The van der Waals surface area contributed by atoms with Gasteiger partial charge in [0.1, 0.15) is 5.75 Å². The molecule has 0 radical (unpaired) electrons. The molecule has 6 rings (SSSR count). The number of amides is 1. The summed E-state index contributed by atoms with van der Waals surface area (Å²) in [6.07, 6.45) is 6.55. The van der Waals surface area contributed by atoms with Crippen molar-refractivity contribution in [1.29, 1.82) is 0 Å². The maximum atomic E-state index is 13.7. The highest BCUT2D eigenvalue weighted by Crippen LogP contribution is 2.62. The Morgan fingerprint density at radius 3 is 2.49 bits per heavy atom. The number of rotatable bonds is 8. The third-order valence-corrected chi connectivity index (χ3v) is 17.1. The number of hydrogen-bond acceptors (Lipinski definition) is 5. The largest absolute Gasteiger partial charge is 0.541 e. The molecule has 0 spiro atoms. The number of halogens is 2. The number of aliphatic hydroxyl groups is 1. The topological polar surface area (TPSA) is 62.2 Å². The van der Waals surface area contributed by atoms with Gasteiger partial charge in [-0.1, -0.05) is 56.1 Å². The lowest BCUT2D eigenvalue weighted by Crippen LogP contribution is -2.74. The molecule has 1 saturated heterocycles. The second kappa shape index (κ2) is 11.7. The molecule has 9 heteroatoms. The van der Waals surface area contributed by atoms with Crippen LogP contribution in [0.1, 0.15) is 76.0 Å². The van der Waals surface area contributed by atoms with Gasteiger partial charge in [-0.3, -0.25) is 9.69 Å². The number of carbonyl (C=O) groups excluding carboxylic acids is 1. The summed E-state index contributed by atoms with van der Waals surface area (Å²) in [6, 6.07) is 9.76. The Labute approximate surface area is 280 Å². The minimum Gasteiger partial charge on any atom is -0.541 e. The molecule has 2 saturated carbocycles. The predicted octanol–water partition coefficient (Wildman–Crippen LogP) is 7.65. The Morgan fingerprint density at radius 1 is 1.11 bits per heavy atom. The molecule has 246 valence electrons. The molecular formula is C36H50Cl2N2O4Si. The van der Waals surface area contributed by atoms with E-state index in [0.29, 0.717) is 22.9 Å². The average molecular weight is 674 g/mol. The summed E-state index contributed by atoms with van der Waals surface area (Å²) in [5, 5.41) is 14.0. The lowest BCUT2D eigenvalue weighted by molar-refractivity contribution is -0.178. The normalized spacial score (nSPS) is 28.2. The first-order valence-electron chi connectivity index (χ1n) is 16.7. The van der Waals surface area contributed by atoms with Crippen molar-refractivity contribution in [2.75, 3.05) is 27.2 Å². The van der Waals surface area contributed by atoms with Crippen molar-refractivity contribution in [2.24, 2.45) is 5.92 Å². The maximum absolute atomic E-state index is 13.7. The summed E-state index contributed by atoms with van der Waals surface area (Å²) in [5.41, 5.74) is 1.73. The standard InChI is InChI=1S/C36H50Cl2N2O4Si/c1-34(2,3)45(6,7)44-29-13-11-25-20-30-36(42)15-14-26(39(4)31(41)19-24-10-12-27(37)28(38)18-24)21-35(36,32(25)33(29)43-5)16-17-40(30)22-23-8-9-23/h10-13,18,23,26,30,42H,8-9,14-17,19-22H2,1-7H3/t26-,30+,35+,36+/m0/s1. The molecule has 1 heterocycles. The van der Waals surface area contributed by atoms with Gasteiger partial charge in [-0.2, -0.15) is 0 Å². The SMILES string of the molecule is COc1c(O[Si](C)(C)C(C)(C)C)ccc2c1[C@]13CCN(CC4CC4)[C@H](C2)[C@]1(O)CC[C@H](N(C)C(=O)Cc1ccc(Cl)c(Cl)c1)C3. The van der Waals surface area contributed by atoms with Crippen LogP contribution in [-0.4, -0.2) is 74.1 Å². The highest BCUT2D eigenvalue weighted by atomic mass is 35.5. The number of likely N-dealkylation sites (N-methyl/N-ethyl adjacent to an activating group) is 1. The highest BCUT2D eigenvalue weighted by molar-refractivity contribution is 6.74. The zero-order valence-corrected chi connectivity index (χ0v) is 30.5. The van der Waals surface area contributed by atoms with Crippen molar-refractivity contribution in [1.82, 2.24) is 9.80 Å². The van der Waals surface area contributed by atoms with Crippen molar-refractivity contribution in [3.63, 3.8) is 0 Å². The average Bonchev–Trinajstić information content (AvgIpc) is 3.79. The smallest absolute Gasteiger partial charge is 0.250 e. The Morgan fingerprint density at radius 2 is 1.84 bits per heavy atom. The zero-order chi connectivity index (χ0) is 32.5. The minimum atomic E-state index is -2.17. The Kier molecular flexibility index (Phi) is 8.64. The highest BCUT2D eigenvalue weighted by Gasteiger charge is 2.66. The van der Waals surface area contributed by atoms with E-state index in [0.717, 1.165) is 60.9 Å². The van der Waals surface area contributed by atoms with E-state index in [1.54, 1.807) is 19.2 Å². The van der Waals surface area contributed by atoms with Crippen molar-refractivity contribution in [2.45, 2.75) is 113 Å². The van der Waals surface area contributed by atoms with Crippen molar-refractivity contribution < 1.29 is 19.1 Å². The van der Waals surface area contributed by atoms with Gasteiger partial charge in [0.15, 0.2) is 5.75 Å². The van der Waals surface area contributed by atoms with E-state index in [9.17, 15) is 9.90 Å². The number of fused-ring (bicyclic) bond motifs is 1. The Balaban J connectivity index is 1.39. The van der Waals surface area contributed by atoms with Gasteiger partial charge in [0.05, 0.1) is 29.2 Å². The molecule has 2 aromatic carbocycles. The second-order valence-electron chi connectivity index (χ2n) is 15.7. The van der Waals surface area contributed by atoms with Gasteiger partial charge in [0.2, 0.25) is 5.91 Å². The van der Waals surface area contributed by atoms with Crippen LogP contribution in [0.4, 0.5) is 0 Å². The van der Waals surface area contributed by atoms with Crippen molar-refractivity contribution in [3.8, 4) is 11.5 Å². The quantitative estimate of drug-likeness (QED) is 0.292. The van der Waals surface area contributed by atoms with E-state index < -0.39 is 19.3 Å². The van der Waals surface area contributed by atoms with Crippen LogP contribution in [0, 0.1) is 5.92 Å². The van der Waals surface area contributed by atoms with E-state index in [4.69, 9.17) is 32.4 Å². The summed E-state index contributed by atoms with van der Waals surface area (Å²) in [7, 11) is 1.49. The van der Waals surface area contributed by atoms with E-state index in [1.807, 2.05) is 18.0 Å². The van der Waals surface area contributed by atoms with Crippen LogP contribution in [0.5, 0.6) is 11.5 Å². The molecule has 2 aromatic rings. The molecule has 0 aromatic heterocycles. The van der Waals surface area contributed by atoms with E-state index >= 15 is 0 Å². The van der Waals surface area contributed by atoms with Crippen LogP contribution in [0.25, 0.3) is 0 Å². The minimum absolute atomic E-state index is 0.0169. The molecule has 1 amide bonds. The van der Waals surface area contributed by atoms with Gasteiger partial charge in [-0.25, -0.2) is 0 Å². The summed E-state index contributed by atoms with van der Waals surface area (Å²) in [4.78, 5) is 18.2. The van der Waals surface area contributed by atoms with Gasteiger partial charge in [0.25, 0.3) is 8.32 Å². The van der Waals surface area contributed by atoms with Crippen molar-refractivity contribution in [3.05, 3.63) is 57.1 Å². The molecule has 0 unspecified atom stereocenters. The third kappa shape index (κ3) is 5.73. The van der Waals surface area contributed by atoms with Crippen LogP contribution in [-0.2, 0) is 23.1 Å². The van der Waals surface area contributed by atoms with Crippen molar-refractivity contribution >= 4 is 37.4 Å². The lowest BCUT2D eigenvalue weighted by Gasteiger charge is -2.65. The molecule has 1 aliphatic heterocycles. The fraction of sp³-hybridized carbons (Fsp3) is 0.639. The van der Waals surface area contributed by atoms with Crippen LogP contribution in [0.15, 0.2) is 30.3 Å². The summed E-state index contributed by atoms with van der Waals surface area (Å²) < 4.78 is 13.2.